The van der Waals surface area contributed by atoms with E-state index in [2.05, 4.69) is 29.0 Å². The van der Waals surface area contributed by atoms with Crippen molar-refractivity contribution in [3.05, 3.63) is 63.4 Å². The highest BCUT2D eigenvalue weighted by Gasteiger charge is 2.08. The fourth-order valence-electron chi connectivity index (χ4n) is 2.13. The van der Waals surface area contributed by atoms with Crippen LogP contribution in [0.3, 0.4) is 0 Å². The van der Waals surface area contributed by atoms with E-state index in [0.29, 0.717) is 10.0 Å². The maximum atomic E-state index is 6.00. The zero-order valence-electron chi connectivity index (χ0n) is 10.4. The Morgan fingerprint density at radius 3 is 2.63 bits per heavy atom. The topological polar surface area (TPSA) is 28.7 Å². The van der Waals surface area contributed by atoms with Gasteiger partial charge in [0.1, 0.15) is 5.82 Å². The van der Waals surface area contributed by atoms with Gasteiger partial charge in [0.05, 0.1) is 21.1 Å². The Balaban J connectivity index is 2.00. The second-order valence-corrected chi connectivity index (χ2v) is 5.38. The number of imidazole rings is 1. The summed E-state index contributed by atoms with van der Waals surface area (Å²) >= 11 is 12.0. The smallest absolute Gasteiger partial charge is 0.111 e. The highest BCUT2D eigenvalue weighted by molar-refractivity contribution is 6.42. The second kappa shape index (κ2) is 4.87. The molecule has 2 aromatic carbocycles. The van der Waals surface area contributed by atoms with E-state index in [1.165, 1.54) is 11.1 Å². The van der Waals surface area contributed by atoms with Crippen molar-refractivity contribution in [2.45, 2.75) is 13.3 Å². The number of hydrogen-bond donors (Lipinski definition) is 1. The van der Waals surface area contributed by atoms with Gasteiger partial charge >= 0.3 is 0 Å². The van der Waals surface area contributed by atoms with Crippen LogP contribution in [0.4, 0.5) is 0 Å². The third-order valence-corrected chi connectivity index (χ3v) is 3.91. The molecule has 0 atom stereocenters. The van der Waals surface area contributed by atoms with E-state index >= 15 is 0 Å². The molecular formula is C15H12Cl2N2. The van der Waals surface area contributed by atoms with Crippen LogP contribution in [0.1, 0.15) is 17.0 Å². The summed E-state index contributed by atoms with van der Waals surface area (Å²) < 4.78 is 0. The van der Waals surface area contributed by atoms with Crippen molar-refractivity contribution in [3.8, 4) is 0 Å². The first-order chi connectivity index (χ1) is 9.13. The first-order valence-electron chi connectivity index (χ1n) is 6.01. The average molecular weight is 291 g/mol. The van der Waals surface area contributed by atoms with Crippen LogP contribution in [0, 0.1) is 6.92 Å². The van der Waals surface area contributed by atoms with E-state index in [0.717, 1.165) is 23.3 Å². The summed E-state index contributed by atoms with van der Waals surface area (Å²) in [7, 11) is 0. The molecule has 3 rings (SSSR count). The Labute approximate surface area is 121 Å². The van der Waals surface area contributed by atoms with Crippen molar-refractivity contribution in [1.29, 1.82) is 0 Å². The minimum absolute atomic E-state index is 0.531. The van der Waals surface area contributed by atoms with E-state index < -0.39 is 0 Å². The van der Waals surface area contributed by atoms with Gasteiger partial charge in [0.25, 0.3) is 0 Å². The largest absolute Gasteiger partial charge is 0.342 e. The van der Waals surface area contributed by atoms with Gasteiger partial charge in [0.15, 0.2) is 0 Å². The third-order valence-electron chi connectivity index (χ3n) is 3.19. The molecule has 1 N–H and O–H groups in total. The van der Waals surface area contributed by atoms with Gasteiger partial charge in [0.2, 0.25) is 0 Å². The lowest BCUT2D eigenvalue weighted by molar-refractivity contribution is 1.03. The molecule has 1 aromatic heterocycles. The van der Waals surface area contributed by atoms with Gasteiger partial charge in [-0.3, -0.25) is 0 Å². The molecule has 0 aliphatic carbocycles. The van der Waals surface area contributed by atoms with E-state index in [-0.39, 0.29) is 0 Å². The van der Waals surface area contributed by atoms with Crippen LogP contribution in [-0.2, 0) is 6.42 Å². The number of H-pyrrole nitrogens is 1. The van der Waals surface area contributed by atoms with Crippen LogP contribution in [-0.4, -0.2) is 9.97 Å². The molecule has 0 saturated carbocycles. The quantitative estimate of drug-likeness (QED) is 0.724. The molecule has 1 heterocycles. The summed E-state index contributed by atoms with van der Waals surface area (Å²) in [6.45, 7) is 2.10. The van der Waals surface area contributed by atoms with Crippen molar-refractivity contribution in [1.82, 2.24) is 9.97 Å². The minimum atomic E-state index is 0.531. The van der Waals surface area contributed by atoms with E-state index in [1.807, 2.05) is 18.2 Å². The predicted octanol–water partition coefficient (Wildman–Crippen LogP) is 4.77. The minimum Gasteiger partial charge on any atom is -0.342 e. The lowest BCUT2D eigenvalue weighted by Crippen LogP contribution is -1.93. The molecule has 0 fully saturated rings. The van der Waals surface area contributed by atoms with Gasteiger partial charge in [-0.25, -0.2) is 4.98 Å². The number of aryl methyl sites for hydroxylation is 1. The fraction of sp³-hybridized carbons (Fsp3) is 0.133. The third kappa shape index (κ3) is 2.46. The molecule has 0 saturated heterocycles. The number of nitrogens with one attached hydrogen (secondary N) is 1. The number of fused-ring (bicyclic) bond motifs is 1. The second-order valence-electron chi connectivity index (χ2n) is 4.57. The summed E-state index contributed by atoms with van der Waals surface area (Å²) in [5.41, 5.74) is 4.29. The monoisotopic (exact) mass is 290 g/mol. The molecular weight excluding hydrogens is 279 g/mol. The molecule has 0 radical (unpaired) electrons. The molecule has 0 spiro atoms. The average Bonchev–Trinajstić information content (AvgIpc) is 2.74. The molecule has 96 valence electrons. The van der Waals surface area contributed by atoms with Gasteiger partial charge in [-0.05, 0) is 30.2 Å². The Morgan fingerprint density at radius 1 is 1.11 bits per heavy atom. The number of aromatic amines is 1. The molecule has 0 unspecified atom stereocenters. The van der Waals surface area contributed by atoms with Crippen LogP contribution in [0.15, 0.2) is 36.4 Å². The maximum absolute atomic E-state index is 6.00. The van der Waals surface area contributed by atoms with Crippen molar-refractivity contribution in [2.75, 3.05) is 0 Å². The van der Waals surface area contributed by atoms with E-state index in [4.69, 9.17) is 23.2 Å². The zero-order valence-corrected chi connectivity index (χ0v) is 11.9. The fourth-order valence-corrected chi connectivity index (χ4v) is 2.45. The summed E-state index contributed by atoms with van der Waals surface area (Å²) in [6.07, 6.45) is 0.774. The van der Waals surface area contributed by atoms with Crippen molar-refractivity contribution < 1.29 is 0 Å². The Kier molecular flexibility index (Phi) is 3.21. The summed E-state index contributed by atoms with van der Waals surface area (Å²) in [4.78, 5) is 7.84. The van der Waals surface area contributed by atoms with Crippen LogP contribution in [0.5, 0.6) is 0 Å². The molecule has 0 aliphatic heterocycles. The van der Waals surface area contributed by atoms with E-state index in [9.17, 15) is 0 Å². The number of aromatic nitrogens is 2. The van der Waals surface area contributed by atoms with Crippen LogP contribution in [0.25, 0.3) is 11.0 Å². The molecule has 0 amide bonds. The van der Waals surface area contributed by atoms with Crippen molar-refractivity contribution in [2.24, 2.45) is 0 Å². The molecule has 0 bridgehead atoms. The van der Waals surface area contributed by atoms with Gasteiger partial charge in [-0.2, -0.15) is 0 Å². The van der Waals surface area contributed by atoms with Crippen LogP contribution in [0.2, 0.25) is 10.0 Å². The lowest BCUT2D eigenvalue weighted by atomic mass is 10.1. The van der Waals surface area contributed by atoms with Gasteiger partial charge in [0, 0.05) is 6.42 Å². The molecule has 2 nitrogen and oxygen atoms in total. The first kappa shape index (κ1) is 12.5. The maximum Gasteiger partial charge on any atom is 0.111 e. The lowest BCUT2D eigenvalue weighted by Gasteiger charge is -2.02. The number of rotatable bonds is 2. The summed E-state index contributed by atoms with van der Waals surface area (Å²) in [6, 6.07) is 11.9. The zero-order chi connectivity index (χ0) is 13.4. The number of nitrogens with zero attached hydrogens (tertiary/aromatic N) is 1. The molecule has 0 aliphatic rings. The summed E-state index contributed by atoms with van der Waals surface area (Å²) in [5.74, 6) is 0.919. The Hall–Kier alpha value is -1.51. The predicted molar refractivity (Wildman–Crippen MR) is 80.1 cm³/mol. The summed E-state index contributed by atoms with van der Waals surface area (Å²) in [5, 5.41) is 1.07. The number of benzene rings is 2. The van der Waals surface area contributed by atoms with Gasteiger partial charge in [-0.15, -0.1) is 0 Å². The standard InChI is InChI=1S/C15H12Cl2N2/c1-9-4-2-3-5-10(9)6-15-18-13-7-11(16)12(17)8-14(13)19-15/h2-5,7-8H,6H2,1H3,(H,18,19). The molecule has 19 heavy (non-hydrogen) atoms. The molecule has 3 aromatic rings. The Morgan fingerprint density at radius 2 is 1.84 bits per heavy atom. The number of halogens is 2. The van der Waals surface area contributed by atoms with Crippen LogP contribution >= 0.6 is 23.2 Å². The van der Waals surface area contributed by atoms with Crippen LogP contribution < -0.4 is 0 Å². The number of hydrogen-bond acceptors (Lipinski definition) is 1. The molecule has 4 heteroatoms. The normalized spacial score (nSPS) is 11.1. The highest BCUT2D eigenvalue weighted by Crippen LogP contribution is 2.27. The van der Waals surface area contributed by atoms with Crippen molar-refractivity contribution >= 4 is 34.2 Å². The van der Waals surface area contributed by atoms with Gasteiger partial charge in [-0.1, -0.05) is 47.5 Å². The first-order valence-corrected chi connectivity index (χ1v) is 6.77. The highest BCUT2D eigenvalue weighted by atomic mass is 35.5. The SMILES string of the molecule is Cc1ccccc1Cc1nc2cc(Cl)c(Cl)cc2[nH]1. The Bertz CT molecular complexity index is 708. The van der Waals surface area contributed by atoms with Gasteiger partial charge < -0.3 is 4.98 Å². The van der Waals surface area contributed by atoms with Crippen molar-refractivity contribution in [3.63, 3.8) is 0 Å². The van der Waals surface area contributed by atoms with E-state index in [1.54, 1.807) is 6.07 Å².